The Balaban J connectivity index is 2.77. The van der Waals surface area contributed by atoms with Crippen LogP contribution in [-0.2, 0) is 13.0 Å². The fourth-order valence-corrected chi connectivity index (χ4v) is 1.55. The maximum Gasteiger partial charge on any atom is 0.364 e. The van der Waals surface area contributed by atoms with Crippen molar-refractivity contribution in [1.82, 2.24) is 14.2 Å². The van der Waals surface area contributed by atoms with Crippen LogP contribution in [0.2, 0.25) is 0 Å². The van der Waals surface area contributed by atoms with Crippen molar-refractivity contribution >= 4 is 5.65 Å². The molecule has 0 aromatic carbocycles. The van der Waals surface area contributed by atoms with Crippen LogP contribution in [0.25, 0.3) is 5.65 Å². The fraction of sp³-hybridized carbons (Fsp3) is 0.400. The van der Waals surface area contributed by atoms with E-state index < -0.39 is 0 Å². The highest BCUT2D eigenvalue weighted by atomic mass is 16.2. The van der Waals surface area contributed by atoms with E-state index in [0.29, 0.717) is 12.2 Å². The maximum absolute atomic E-state index is 11.4. The highest BCUT2D eigenvalue weighted by Gasteiger charge is 2.04. The lowest BCUT2D eigenvalue weighted by molar-refractivity contribution is 0.590. The Labute approximate surface area is 81.8 Å². The van der Waals surface area contributed by atoms with Gasteiger partial charge in [0.05, 0.1) is 0 Å². The fourth-order valence-electron chi connectivity index (χ4n) is 1.55. The van der Waals surface area contributed by atoms with Gasteiger partial charge in [0.2, 0.25) is 0 Å². The third kappa shape index (κ3) is 1.23. The van der Waals surface area contributed by atoms with E-state index >= 15 is 0 Å². The zero-order valence-corrected chi connectivity index (χ0v) is 8.40. The van der Waals surface area contributed by atoms with E-state index in [1.807, 2.05) is 29.8 Å². The molecule has 2 aromatic rings. The van der Waals surface area contributed by atoms with Crippen molar-refractivity contribution in [2.24, 2.45) is 0 Å². The van der Waals surface area contributed by atoms with Crippen LogP contribution in [-0.4, -0.2) is 14.2 Å². The molecule has 4 nitrogen and oxygen atoms in total. The summed E-state index contributed by atoms with van der Waals surface area (Å²) in [5.74, 6) is 0. The molecule has 74 valence electrons. The third-order valence-electron chi connectivity index (χ3n) is 2.37. The summed E-state index contributed by atoms with van der Waals surface area (Å²) in [5, 5.41) is 0. The van der Waals surface area contributed by atoms with Gasteiger partial charge in [-0.2, -0.15) is 4.98 Å². The van der Waals surface area contributed by atoms with Crippen LogP contribution < -0.4 is 5.69 Å². The smallest absolute Gasteiger partial charge is 0.244 e. The van der Waals surface area contributed by atoms with E-state index in [0.717, 1.165) is 6.42 Å². The molecule has 0 N–H and O–H groups in total. The first-order chi connectivity index (χ1) is 6.76. The molecule has 4 heteroatoms. The molecule has 0 atom stereocenters. The largest absolute Gasteiger partial charge is 0.364 e. The molecule has 2 heterocycles. The molecule has 0 unspecified atom stereocenters. The first kappa shape index (κ1) is 8.99. The second-order valence-corrected chi connectivity index (χ2v) is 3.20. The SMILES string of the molecule is CCc1ccc2nc(=O)n(CC)n2c1. The molecule has 0 aliphatic rings. The number of nitrogens with zero attached hydrogens (tertiary/aromatic N) is 3. The summed E-state index contributed by atoms with van der Waals surface area (Å²) in [5.41, 5.74) is 1.74. The minimum atomic E-state index is -0.180. The van der Waals surface area contributed by atoms with Crippen molar-refractivity contribution < 1.29 is 0 Å². The van der Waals surface area contributed by atoms with Crippen LogP contribution in [0.15, 0.2) is 23.1 Å². The van der Waals surface area contributed by atoms with E-state index in [4.69, 9.17) is 0 Å². The Morgan fingerprint density at radius 1 is 1.36 bits per heavy atom. The molecular weight excluding hydrogens is 178 g/mol. The summed E-state index contributed by atoms with van der Waals surface area (Å²) < 4.78 is 3.44. The average Bonchev–Trinajstić information content (AvgIpc) is 2.52. The van der Waals surface area contributed by atoms with Crippen LogP contribution in [0.3, 0.4) is 0 Å². The van der Waals surface area contributed by atoms with Crippen LogP contribution in [0.4, 0.5) is 0 Å². The number of pyridine rings is 1. The lowest BCUT2D eigenvalue weighted by Crippen LogP contribution is -2.19. The lowest BCUT2D eigenvalue weighted by atomic mass is 10.2. The molecule has 14 heavy (non-hydrogen) atoms. The van der Waals surface area contributed by atoms with Gasteiger partial charge >= 0.3 is 5.69 Å². The average molecular weight is 191 g/mol. The van der Waals surface area contributed by atoms with Gasteiger partial charge in [-0.3, -0.25) is 0 Å². The number of fused-ring (bicyclic) bond motifs is 1. The zero-order chi connectivity index (χ0) is 10.1. The quantitative estimate of drug-likeness (QED) is 0.712. The van der Waals surface area contributed by atoms with E-state index in [9.17, 15) is 4.79 Å². The first-order valence-electron chi connectivity index (χ1n) is 4.84. The van der Waals surface area contributed by atoms with Gasteiger partial charge in [-0.25, -0.2) is 14.0 Å². The molecular formula is C10H13N3O. The number of hydrogen-bond acceptors (Lipinski definition) is 2. The van der Waals surface area contributed by atoms with Gasteiger partial charge in [0, 0.05) is 12.7 Å². The molecule has 0 amide bonds. The van der Waals surface area contributed by atoms with Crippen molar-refractivity contribution in [2.45, 2.75) is 26.8 Å². The molecule has 0 spiro atoms. The number of aromatic nitrogens is 3. The van der Waals surface area contributed by atoms with Gasteiger partial charge in [-0.05, 0) is 25.0 Å². The number of aryl methyl sites for hydroxylation is 2. The Morgan fingerprint density at radius 3 is 2.79 bits per heavy atom. The van der Waals surface area contributed by atoms with Crippen LogP contribution in [0, 0.1) is 0 Å². The molecule has 0 bridgehead atoms. The summed E-state index contributed by atoms with van der Waals surface area (Å²) in [6.45, 7) is 4.67. The van der Waals surface area contributed by atoms with Crippen molar-refractivity contribution in [1.29, 1.82) is 0 Å². The van der Waals surface area contributed by atoms with Gasteiger partial charge < -0.3 is 0 Å². The summed E-state index contributed by atoms with van der Waals surface area (Å²) in [4.78, 5) is 15.3. The van der Waals surface area contributed by atoms with E-state index in [1.54, 1.807) is 4.68 Å². The van der Waals surface area contributed by atoms with Crippen LogP contribution >= 0.6 is 0 Å². The van der Waals surface area contributed by atoms with Gasteiger partial charge in [-0.1, -0.05) is 13.0 Å². The zero-order valence-electron chi connectivity index (χ0n) is 8.40. The van der Waals surface area contributed by atoms with E-state index in [-0.39, 0.29) is 5.69 Å². The first-order valence-corrected chi connectivity index (χ1v) is 4.84. The second-order valence-electron chi connectivity index (χ2n) is 3.20. The van der Waals surface area contributed by atoms with Crippen molar-refractivity contribution in [3.8, 4) is 0 Å². The molecule has 0 aliphatic heterocycles. The molecule has 0 saturated heterocycles. The van der Waals surface area contributed by atoms with Gasteiger partial charge in [0.25, 0.3) is 0 Å². The minimum Gasteiger partial charge on any atom is -0.244 e. The normalized spacial score (nSPS) is 11.0. The van der Waals surface area contributed by atoms with Crippen LogP contribution in [0.5, 0.6) is 0 Å². The monoisotopic (exact) mass is 191 g/mol. The predicted octanol–water partition coefficient (Wildman–Crippen LogP) is 1.08. The second kappa shape index (κ2) is 3.29. The molecule has 0 fully saturated rings. The van der Waals surface area contributed by atoms with E-state index in [1.165, 1.54) is 5.56 Å². The summed E-state index contributed by atoms with van der Waals surface area (Å²) in [6, 6.07) is 3.88. The summed E-state index contributed by atoms with van der Waals surface area (Å²) >= 11 is 0. The molecule has 0 saturated carbocycles. The predicted molar refractivity (Wildman–Crippen MR) is 54.5 cm³/mol. The Bertz CT molecular complexity index is 510. The van der Waals surface area contributed by atoms with Crippen molar-refractivity contribution in [2.75, 3.05) is 0 Å². The Kier molecular flexibility index (Phi) is 2.11. The summed E-state index contributed by atoms with van der Waals surface area (Å²) in [7, 11) is 0. The van der Waals surface area contributed by atoms with E-state index in [2.05, 4.69) is 11.9 Å². The van der Waals surface area contributed by atoms with Crippen LogP contribution in [0.1, 0.15) is 19.4 Å². The summed E-state index contributed by atoms with van der Waals surface area (Å²) in [6.07, 6.45) is 2.93. The lowest BCUT2D eigenvalue weighted by Gasteiger charge is -2.02. The topological polar surface area (TPSA) is 39.3 Å². The standard InChI is InChI=1S/C10H13N3O/c1-3-8-5-6-9-11-10(14)12(4-2)13(9)7-8/h5-7H,3-4H2,1-2H3. The Hall–Kier alpha value is -1.58. The number of hydrogen-bond donors (Lipinski definition) is 0. The maximum atomic E-state index is 11.4. The molecule has 0 aliphatic carbocycles. The Morgan fingerprint density at radius 2 is 2.14 bits per heavy atom. The van der Waals surface area contributed by atoms with Gasteiger partial charge in [0.15, 0.2) is 5.65 Å². The third-order valence-corrected chi connectivity index (χ3v) is 2.37. The molecule has 0 radical (unpaired) electrons. The van der Waals surface area contributed by atoms with Crippen molar-refractivity contribution in [3.05, 3.63) is 34.4 Å². The van der Waals surface area contributed by atoms with Gasteiger partial charge in [0.1, 0.15) is 0 Å². The van der Waals surface area contributed by atoms with Gasteiger partial charge in [-0.15, -0.1) is 0 Å². The molecule has 2 aromatic heterocycles. The number of rotatable bonds is 2. The highest BCUT2D eigenvalue weighted by molar-refractivity contribution is 5.37. The molecule has 2 rings (SSSR count). The van der Waals surface area contributed by atoms with Crippen molar-refractivity contribution in [3.63, 3.8) is 0 Å². The minimum absolute atomic E-state index is 0.180. The highest BCUT2D eigenvalue weighted by Crippen LogP contribution is 2.03.